The number of methoxy groups -OCH3 is 2. The minimum absolute atomic E-state index is 0.00288. The molecule has 1 unspecified atom stereocenters. The number of benzene rings is 4. The summed E-state index contributed by atoms with van der Waals surface area (Å²) in [6.45, 7) is 3.74. The first-order valence-corrected chi connectivity index (χ1v) is 14.4. The Morgan fingerprint density at radius 2 is 1.55 bits per heavy atom. The van der Waals surface area contributed by atoms with Gasteiger partial charge in [0.1, 0.15) is 0 Å². The van der Waals surface area contributed by atoms with Crippen LogP contribution in [0.2, 0.25) is 5.02 Å². The summed E-state index contributed by atoms with van der Waals surface area (Å²) in [5, 5.41) is 3.53. The number of hydrogen-bond acceptors (Lipinski definition) is 5. The van der Waals surface area contributed by atoms with E-state index in [1.54, 1.807) is 99.1 Å². The number of aryl methyl sites for hydroxylation is 1. The summed E-state index contributed by atoms with van der Waals surface area (Å²) in [6.07, 6.45) is 0. The van der Waals surface area contributed by atoms with Crippen LogP contribution in [0.25, 0.3) is 0 Å². The molecular weight excluding hydrogens is 548 g/mol. The number of carbonyl (C=O) groups excluding carboxylic acids is 1. The molecular formula is C31H31ClN2O5S. The monoisotopic (exact) mass is 578 g/mol. The van der Waals surface area contributed by atoms with Gasteiger partial charge in [0.15, 0.2) is 11.5 Å². The smallest absolute Gasteiger partial charge is 0.264 e. The zero-order valence-corrected chi connectivity index (χ0v) is 24.3. The number of nitrogens with one attached hydrogen (secondary N) is 1. The van der Waals surface area contributed by atoms with Crippen molar-refractivity contribution in [1.29, 1.82) is 0 Å². The Morgan fingerprint density at radius 1 is 0.900 bits per heavy atom. The summed E-state index contributed by atoms with van der Waals surface area (Å²) >= 11 is 6.07. The Balaban J connectivity index is 1.72. The second-order valence-corrected chi connectivity index (χ2v) is 11.6. The molecule has 1 N–H and O–H groups in total. The van der Waals surface area contributed by atoms with Crippen LogP contribution in [0, 0.1) is 6.92 Å². The van der Waals surface area contributed by atoms with E-state index in [-0.39, 0.29) is 22.7 Å². The van der Waals surface area contributed by atoms with Crippen molar-refractivity contribution in [2.75, 3.05) is 18.5 Å². The molecule has 40 heavy (non-hydrogen) atoms. The zero-order chi connectivity index (χ0) is 28.9. The predicted octanol–water partition coefficient (Wildman–Crippen LogP) is 6.55. The van der Waals surface area contributed by atoms with Crippen molar-refractivity contribution in [3.05, 3.63) is 118 Å². The zero-order valence-electron chi connectivity index (χ0n) is 22.7. The van der Waals surface area contributed by atoms with E-state index in [2.05, 4.69) is 5.32 Å². The third-order valence-electron chi connectivity index (χ3n) is 6.52. The standard InChI is InChI=1S/C31H31ClN2O5S/c1-21-9-16-26(17-10-21)40(36,37)34(20-23-11-14-25(32)15-12-23)28-8-6-5-7-27(28)31(35)33-22(2)24-13-18-29(38-3)30(19-24)39-4/h5-19,22H,20H2,1-4H3,(H,33,35). The molecule has 7 nitrogen and oxygen atoms in total. The molecule has 4 rings (SSSR count). The highest BCUT2D eigenvalue weighted by molar-refractivity contribution is 7.92. The van der Waals surface area contributed by atoms with Gasteiger partial charge in [0, 0.05) is 5.02 Å². The minimum Gasteiger partial charge on any atom is -0.493 e. The molecule has 0 radical (unpaired) electrons. The van der Waals surface area contributed by atoms with E-state index in [1.165, 1.54) is 4.31 Å². The Morgan fingerprint density at radius 3 is 2.20 bits per heavy atom. The summed E-state index contributed by atoms with van der Waals surface area (Å²) in [5.74, 6) is 0.701. The lowest BCUT2D eigenvalue weighted by atomic mass is 10.1. The van der Waals surface area contributed by atoms with Crippen molar-refractivity contribution in [2.45, 2.75) is 31.3 Å². The molecule has 0 aromatic heterocycles. The molecule has 4 aromatic carbocycles. The Bertz CT molecular complexity index is 1590. The first kappa shape index (κ1) is 29.0. The van der Waals surface area contributed by atoms with Crippen LogP contribution in [0.3, 0.4) is 0 Å². The molecule has 0 fully saturated rings. The van der Waals surface area contributed by atoms with Gasteiger partial charge in [0.25, 0.3) is 15.9 Å². The van der Waals surface area contributed by atoms with Crippen molar-refractivity contribution in [1.82, 2.24) is 5.32 Å². The molecule has 208 valence electrons. The van der Waals surface area contributed by atoms with Gasteiger partial charge in [-0.2, -0.15) is 0 Å². The number of para-hydroxylation sites is 1. The number of ether oxygens (including phenoxy) is 2. The van der Waals surface area contributed by atoms with E-state index < -0.39 is 22.0 Å². The van der Waals surface area contributed by atoms with Crippen LogP contribution in [-0.4, -0.2) is 28.5 Å². The van der Waals surface area contributed by atoms with Gasteiger partial charge in [0.05, 0.1) is 43.0 Å². The summed E-state index contributed by atoms with van der Waals surface area (Å²) in [7, 11) is -0.940. The summed E-state index contributed by atoms with van der Waals surface area (Å²) < 4.78 is 40.0. The van der Waals surface area contributed by atoms with E-state index >= 15 is 0 Å². The van der Waals surface area contributed by atoms with Gasteiger partial charge in [-0.05, 0) is 73.5 Å². The van der Waals surface area contributed by atoms with Crippen LogP contribution in [0.5, 0.6) is 11.5 Å². The van der Waals surface area contributed by atoms with E-state index in [1.807, 2.05) is 19.9 Å². The van der Waals surface area contributed by atoms with Crippen molar-refractivity contribution < 1.29 is 22.7 Å². The number of sulfonamides is 1. The third kappa shape index (κ3) is 6.41. The topological polar surface area (TPSA) is 84.9 Å². The molecule has 4 aromatic rings. The molecule has 1 amide bonds. The van der Waals surface area contributed by atoms with Crippen molar-refractivity contribution in [3.8, 4) is 11.5 Å². The van der Waals surface area contributed by atoms with Crippen LogP contribution in [0.15, 0.2) is 95.9 Å². The average Bonchev–Trinajstić information content (AvgIpc) is 2.96. The molecule has 9 heteroatoms. The minimum atomic E-state index is -4.04. The van der Waals surface area contributed by atoms with Crippen LogP contribution < -0.4 is 19.1 Å². The van der Waals surface area contributed by atoms with Crippen LogP contribution >= 0.6 is 11.6 Å². The van der Waals surface area contributed by atoms with Gasteiger partial charge in [0.2, 0.25) is 0 Å². The number of hydrogen-bond donors (Lipinski definition) is 1. The highest BCUT2D eigenvalue weighted by Gasteiger charge is 2.29. The Labute approximate surface area is 240 Å². The molecule has 0 aliphatic rings. The van der Waals surface area contributed by atoms with Gasteiger partial charge in [-0.15, -0.1) is 0 Å². The van der Waals surface area contributed by atoms with E-state index in [9.17, 15) is 13.2 Å². The van der Waals surface area contributed by atoms with Crippen molar-refractivity contribution in [3.63, 3.8) is 0 Å². The second kappa shape index (κ2) is 12.4. The lowest BCUT2D eigenvalue weighted by Gasteiger charge is -2.27. The maximum absolute atomic E-state index is 14.0. The van der Waals surface area contributed by atoms with Gasteiger partial charge >= 0.3 is 0 Å². The number of amides is 1. The van der Waals surface area contributed by atoms with E-state index in [4.69, 9.17) is 21.1 Å². The Hall–Kier alpha value is -4.01. The van der Waals surface area contributed by atoms with Gasteiger partial charge in [-0.3, -0.25) is 9.10 Å². The van der Waals surface area contributed by atoms with Gasteiger partial charge in [-0.25, -0.2) is 8.42 Å². The average molecular weight is 579 g/mol. The first-order valence-electron chi connectivity index (χ1n) is 12.6. The fourth-order valence-corrected chi connectivity index (χ4v) is 5.85. The van der Waals surface area contributed by atoms with Gasteiger partial charge < -0.3 is 14.8 Å². The molecule has 0 aliphatic carbocycles. The lowest BCUT2D eigenvalue weighted by molar-refractivity contribution is 0.0940. The fraction of sp³-hybridized carbons (Fsp3) is 0.194. The number of halogens is 1. The number of anilines is 1. The first-order chi connectivity index (χ1) is 19.1. The molecule has 0 bridgehead atoms. The lowest BCUT2D eigenvalue weighted by Crippen LogP contribution is -2.34. The van der Waals surface area contributed by atoms with Gasteiger partial charge in [-0.1, -0.05) is 59.6 Å². The summed E-state index contributed by atoms with van der Waals surface area (Å²) in [4.78, 5) is 13.8. The molecule has 0 saturated carbocycles. The van der Waals surface area contributed by atoms with E-state index in [0.29, 0.717) is 22.1 Å². The highest BCUT2D eigenvalue weighted by atomic mass is 35.5. The van der Waals surface area contributed by atoms with Crippen molar-refractivity contribution >= 4 is 33.2 Å². The predicted molar refractivity (Wildman–Crippen MR) is 158 cm³/mol. The second-order valence-electron chi connectivity index (χ2n) is 9.28. The fourth-order valence-electron chi connectivity index (χ4n) is 4.26. The highest BCUT2D eigenvalue weighted by Crippen LogP contribution is 2.32. The van der Waals surface area contributed by atoms with Crippen molar-refractivity contribution in [2.24, 2.45) is 0 Å². The summed E-state index contributed by atoms with van der Waals surface area (Å²) in [6, 6.07) is 25.3. The van der Waals surface area contributed by atoms with Crippen LogP contribution in [-0.2, 0) is 16.6 Å². The summed E-state index contributed by atoms with van der Waals surface area (Å²) in [5.41, 5.74) is 2.93. The Kier molecular flexibility index (Phi) is 9.02. The quantitative estimate of drug-likeness (QED) is 0.231. The molecule has 0 spiro atoms. The molecule has 1 atom stereocenters. The number of rotatable bonds is 10. The SMILES string of the molecule is COc1ccc(C(C)NC(=O)c2ccccc2N(Cc2ccc(Cl)cc2)S(=O)(=O)c2ccc(C)cc2)cc1OC. The third-order valence-corrected chi connectivity index (χ3v) is 8.55. The number of carbonyl (C=O) groups is 1. The van der Waals surface area contributed by atoms with E-state index in [0.717, 1.165) is 11.1 Å². The maximum atomic E-state index is 14.0. The largest absolute Gasteiger partial charge is 0.493 e. The molecule has 0 heterocycles. The van der Waals surface area contributed by atoms with Crippen LogP contribution in [0.1, 0.15) is 40.0 Å². The maximum Gasteiger partial charge on any atom is 0.264 e. The molecule has 0 aliphatic heterocycles. The van der Waals surface area contributed by atoms with Crippen LogP contribution in [0.4, 0.5) is 5.69 Å². The molecule has 0 saturated heterocycles. The normalized spacial score (nSPS) is 11.9. The number of nitrogens with zero attached hydrogens (tertiary/aromatic N) is 1.